The average Bonchev–Trinajstić information content (AvgIpc) is 3.63. The molecule has 130 valence electrons. The summed E-state index contributed by atoms with van der Waals surface area (Å²) < 4.78 is 20.6. The molecule has 0 spiro atoms. The van der Waals surface area contributed by atoms with Gasteiger partial charge in [0.05, 0.1) is 0 Å². The lowest BCUT2D eigenvalue weighted by Crippen LogP contribution is -2.24. The second-order valence-electron chi connectivity index (χ2n) is 7.30. The zero-order valence-corrected chi connectivity index (χ0v) is 15.4. The van der Waals surface area contributed by atoms with Crippen LogP contribution in [-0.2, 0) is 14.7 Å². The highest BCUT2D eigenvalue weighted by Crippen LogP contribution is 2.67. The van der Waals surface area contributed by atoms with Gasteiger partial charge in [0.25, 0.3) is 0 Å². The first-order chi connectivity index (χ1) is 12.7. The van der Waals surface area contributed by atoms with E-state index in [-0.39, 0.29) is 17.4 Å². The molecular formula is C23H21O2P. The monoisotopic (exact) mass is 360 g/mol. The van der Waals surface area contributed by atoms with Crippen molar-refractivity contribution in [3.05, 3.63) is 96.6 Å². The van der Waals surface area contributed by atoms with Crippen LogP contribution in [0.2, 0.25) is 0 Å². The van der Waals surface area contributed by atoms with Gasteiger partial charge in [-0.25, -0.2) is 0 Å². The van der Waals surface area contributed by atoms with E-state index in [9.17, 15) is 4.57 Å². The van der Waals surface area contributed by atoms with E-state index in [1.807, 2.05) is 66.7 Å². The number of hydrogen-bond acceptors (Lipinski definition) is 2. The molecule has 2 atom stereocenters. The van der Waals surface area contributed by atoms with E-state index >= 15 is 0 Å². The molecule has 0 radical (unpaired) electrons. The van der Waals surface area contributed by atoms with Crippen molar-refractivity contribution < 1.29 is 9.30 Å². The molecule has 1 saturated heterocycles. The van der Waals surface area contributed by atoms with Crippen LogP contribution in [0, 0.1) is 0 Å². The molecule has 0 bridgehead atoms. The molecule has 0 unspecified atom stereocenters. The zero-order valence-electron chi connectivity index (χ0n) is 14.5. The van der Waals surface area contributed by atoms with Crippen molar-refractivity contribution >= 4 is 17.8 Å². The summed E-state index contributed by atoms with van der Waals surface area (Å²) in [7, 11) is -2.84. The fraction of sp³-hybridized carbons (Fsp3) is 0.217. The maximum atomic E-state index is 14.4. The largest absolute Gasteiger partial charge is 0.360 e. The summed E-state index contributed by atoms with van der Waals surface area (Å²) in [6.07, 6.45) is 2.26. The molecule has 2 nitrogen and oxygen atoms in total. The Morgan fingerprint density at radius 2 is 1.19 bits per heavy atom. The molecule has 1 heterocycles. The van der Waals surface area contributed by atoms with Gasteiger partial charge in [-0.15, -0.1) is 0 Å². The van der Waals surface area contributed by atoms with E-state index in [0.717, 1.165) is 23.5 Å². The minimum atomic E-state index is -2.84. The Morgan fingerprint density at radius 3 is 1.65 bits per heavy atom. The van der Waals surface area contributed by atoms with Crippen LogP contribution < -0.4 is 10.6 Å². The number of epoxide rings is 1. The van der Waals surface area contributed by atoms with Gasteiger partial charge in [-0.1, -0.05) is 91.0 Å². The lowest BCUT2D eigenvalue weighted by atomic mass is 9.93. The van der Waals surface area contributed by atoms with Crippen LogP contribution in [0.4, 0.5) is 0 Å². The van der Waals surface area contributed by atoms with Crippen LogP contribution in [0.5, 0.6) is 0 Å². The van der Waals surface area contributed by atoms with Crippen LogP contribution in [0.1, 0.15) is 18.4 Å². The van der Waals surface area contributed by atoms with Gasteiger partial charge in [0.2, 0.25) is 0 Å². The summed E-state index contributed by atoms with van der Waals surface area (Å²) in [5.74, 6) is -0.227. The van der Waals surface area contributed by atoms with Gasteiger partial charge >= 0.3 is 0 Å². The van der Waals surface area contributed by atoms with Crippen molar-refractivity contribution in [2.45, 2.75) is 30.2 Å². The standard InChI is InChI=1S/C23H21O2P/c24-26(19-12-6-2-7-13-19,20-14-8-3-9-15-20)22-21(25-22)23(16-17-23)18-10-4-1-5-11-18/h1-15,21-22H,16-17H2/t21-,22+/m0/s1. The molecule has 0 N–H and O–H groups in total. The van der Waals surface area contributed by atoms with Crippen molar-refractivity contribution in [3.63, 3.8) is 0 Å². The first-order valence-corrected chi connectivity index (χ1v) is 10.9. The highest BCUT2D eigenvalue weighted by molar-refractivity contribution is 7.79. The van der Waals surface area contributed by atoms with E-state index in [2.05, 4.69) is 24.3 Å². The normalized spacial score (nSPS) is 23.4. The van der Waals surface area contributed by atoms with Crippen molar-refractivity contribution in [1.82, 2.24) is 0 Å². The lowest BCUT2D eigenvalue weighted by Gasteiger charge is -2.19. The smallest absolute Gasteiger partial charge is 0.173 e. The third-order valence-electron chi connectivity index (χ3n) is 5.79. The molecule has 2 aliphatic rings. The first kappa shape index (κ1) is 16.1. The molecule has 0 amide bonds. The van der Waals surface area contributed by atoms with Gasteiger partial charge in [0.1, 0.15) is 11.9 Å². The second-order valence-corrected chi connectivity index (χ2v) is 10.2. The van der Waals surface area contributed by atoms with Crippen LogP contribution in [-0.4, -0.2) is 11.9 Å². The van der Waals surface area contributed by atoms with Crippen LogP contribution in [0.25, 0.3) is 0 Å². The third-order valence-corrected chi connectivity index (χ3v) is 9.03. The van der Waals surface area contributed by atoms with Crippen LogP contribution in [0.3, 0.4) is 0 Å². The summed E-state index contributed by atoms with van der Waals surface area (Å²) >= 11 is 0. The number of benzene rings is 3. The Bertz CT molecular complexity index is 906. The van der Waals surface area contributed by atoms with Crippen molar-refractivity contribution in [2.75, 3.05) is 0 Å². The fourth-order valence-corrected chi connectivity index (χ4v) is 7.25. The third kappa shape index (κ3) is 2.40. The molecule has 0 aromatic heterocycles. The van der Waals surface area contributed by atoms with E-state index in [1.54, 1.807) is 0 Å². The molecule has 3 heteroatoms. The Hall–Kier alpha value is -2.15. The molecule has 3 aromatic carbocycles. The predicted octanol–water partition coefficient (Wildman–Crippen LogP) is 4.46. The molecule has 26 heavy (non-hydrogen) atoms. The molecule has 1 aliphatic heterocycles. The van der Waals surface area contributed by atoms with Gasteiger partial charge in [0, 0.05) is 16.0 Å². The van der Waals surface area contributed by atoms with Crippen molar-refractivity contribution in [1.29, 1.82) is 0 Å². The first-order valence-electron chi connectivity index (χ1n) is 9.17. The number of rotatable bonds is 5. The summed E-state index contributed by atoms with van der Waals surface area (Å²) in [6, 6.07) is 30.3. The summed E-state index contributed by atoms with van der Waals surface area (Å²) in [5, 5.41) is 1.78. The average molecular weight is 360 g/mol. The number of ether oxygens (including phenoxy) is 1. The summed E-state index contributed by atoms with van der Waals surface area (Å²) in [4.78, 5) is 0. The van der Waals surface area contributed by atoms with Gasteiger partial charge in [-0.05, 0) is 18.4 Å². The minimum Gasteiger partial charge on any atom is -0.360 e. The predicted molar refractivity (Wildman–Crippen MR) is 106 cm³/mol. The molecule has 5 rings (SSSR count). The van der Waals surface area contributed by atoms with E-state index in [0.29, 0.717) is 0 Å². The molecule has 2 fully saturated rings. The Balaban J connectivity index is 1.56. The van der Waals surface area contributed by atoms with E-state index in [1.165, 1.54) is 5.56 Å². The second kappa shape index (κ2) is 5.94. The van der Waals surface area contributed by atoms with Gasteiger partial charge in [0.15, 0.2) is 7.14 Å². The summed E-state index contributed by atoms with van der Waals surface area (Å²) in [6.45, 7) is 0. The van der Waals surface area contributed by atoms with Crippen molar-refractivity contribution in [3.8, 4) is 0 Å². The van der Waals surface area contributed by atoms with E-state index < -0.39 is 7.14 Å². The molecular weight excluding hydrogens is 339 g/mol. The fourth-order valence-electron chi connectivity index (χ4n) is 4.17. The highest BCUT2D eigenvalue weighted by Gasteiger charge is 2.67. The lowest BCUT2D eigenvalue weighted by molar-refractivity contribution is 0.356. The maximum absolute atomic E-state index is 14.4. The van der Waals surface area contributed by atoms with Gasteiger partial charge in [-0.2, -0.15) is 0 Å². The van der Waals surface area contributed by atoms with Crippen LogP contribution >= 0.6 is 7.14 Å². The minimum absolute atomic E-state index is 0.0381. The quantitative estimate of drug-likeness (QED) is 0.497. The Morgan fingerprint density at radius 1 is 0.731 bits per heavy atom. The van der Waals surface area contributed by atoms with Crippen molar-refractivity contribution in [2.24, 2.45) is 0 Å². The Kier molecular flexibility index (Phi) is 3.67. The van der Waals surface area contributed by atoms with Gasteiger partial charge in [-0.3, -0.25) is 0 Å². The molecule has 1 aliphatic carbocycles. The van der Waals surface area contributed by atoms with Gasteiger partial charge < -0.3 is 9.30 Å². The topological polar surface area (TPSA) is 29.6 Å². The van der Waals surface area contributed by atoms with Crippen LogP contribution in [0.15, 0.2) is 91.0 Å². The highest BCUT2D eigenvalue weighted by atomic mass is 31.2. The van der Waals surface area contributed by atoms with E-state index in [4.69, 9.17) is 4.74 Å². The molecule has 3 aromatic rings. The SMILES string of the molecule is O=P(c1ccccc1)(c1ccccc1)[C@H]1O[C@@H]1C1(c2ccccc2)CC1. The summed E-state index contributed by atoms with van der Waals surface area (Å²) in [5.41, 5.74) is 1.37. The maximum Gasteiger partial charge on any atom is 0.173 e. The number of hydrogen-bond donors (Lipinski definition) is 0. The molecule has 1 saturated carbocycles. The Labute approximate surface area is 154 Å². The zero-order chi connectivity index (χ0) is 17.6.